The second-order valence-corrected chi connectivity index (χ2v) is 13.7. The van der Waals surface area contributed by atoms with E-state index in [0.717, 1.165) is 4.88 Å². The summed E-state index contributed by atoms with van der Waals surface area (Å²) >= 11 is 1.42. The van der Waals surface area contributed by atoms with Crippen molar-refractivity contribution in [2.24, 2.45) is 5.92 Å². The normalized spacial score (nSPS) is 15.0. The van der Waals surface area contributed by atoms with Crippen molar-refractivity contribution in [2.45, 2.75) is 71.6 Å². The van der Waals surface area contributed by atoms with Crippen LogP contribution in [0.4, 0.5) is 43.4 Å². The highest BCUT2D eigenvalue weighted by atomic mass is 32.1. The number of ether oxygens (including phenoxy) is 4. The van der Waals surface area contributed by atoms with Gasteiger partial charge in [-0.3, -0.25) is 9.78 Å². The van der Waals surface area contributed by atoms with Gasteiger partial charge in [-0.15, -0.1) is 11.3 Å². The monoisotopic (exact) mass is 852 g/mol. The number of alkyl halides is 6. The van der Waals surface area contributed by atoms with E-state index < -0.39 is 49.2 Å². The van der Waals surface area contributed by atoms with Gasteiger partial charge in [0.25, 0.3) is 0 Å². The van der Waals surface area contributed by atoms with Crippen LogP contribution in [0.1, 0.15) is 53.5 Å². The third kappa shape index (κ3) is 12.7. The van der Waals surface area contributed by atoms with Crippen molar-refractivity contribution >= 4 is 40.3 Å². The quantitative estimate of drug-likeness (QED) is 0.0804. The minimum absolute atomic E-state index is 0.0519. The summed E-state index contributed by atoms with van der Waals surface area (Å²) in [6.07, 6.45) is 6.64. The van der Waals surface area contributed by atoms with Crippen LogP contribution in [0.15, 0.2) is 89.4 Å². The highest BCUT2D eigenvalue weighted by Gasteiger charge is 2.31. The SMILES string of the molecule is CCOc1cc(N(Cc2cocn2)c2ccc(C(=O)O)cc2)ccc1OC(F)F.O=C(O)[C@H]1CC[C@@H](N(Cc2cncs2)c2ccc(OC(F)F)c(OC(F)F)c2)CC1. The molecule has 0 bridgehead atoms. The molecule has 20 heteroatoms. The number of hydrogen-bond donors (Lipinski definition) is 2. The number of aromatic carboxylic acids is 1. The first-order valence-corrected chi connectivity index (χ1v) is 18.8. The summed E-state index contributed by atoms with van der Waals surface area (Å²) in [5, 5.41) is 18.3. The molecular formula is C39H38F6N4O9S. The van der Waals surface area contributed by atoms with Gasteiger partial charge in [0.1, 0.15) is 6.26 Å². The number of halogens is 6. The lowest BCUT2D eigenvalue weighted by atomic mass is 9.85. The van der Waals surface area contributed by atoms with Gasteiger partial charge in [0, 0.05) is 46.3 Å². The molecule has 0 radical (unpaired) electrons. The topological polar surface area (TPSA) is 157 Å². The average molecular weight is 853 g/mol. The smallest absolute Gasteiger partial charge is 0.387 e. The Morgan fingerprint density at radius 1 is 0.797 bits per heavy atom. The number of thiazole rings is 1. The highest BCUT2D eigenvalue weighted by Crippen LogP contribution is 2.39. The van der Waals surface area contributed by atoms with Crippen molar-refractivity contribution in [3.63, 3.8) is 0 Å². The van der Waals surface area contributed by atoms with E-state index in [0.29, 0.717) is 61.5 Å². The lowest BCUT2D eigenvalue weighted by molar-refractivity contribution is -0.142. The van der Waals surface area contributed by atoms with Gasteiger partial charge in [-0.1, -0.05) is 0 Å². The van der Waals surface area contributed by atoms with Crippen molar-refractivity contribution in [2.75, 3.05) is 16.4 Å². The molecule has 1 aliphatic carbocycles. The van der Waals surface area contributed by atoms with Crippen LogP contribution < -0.4 is 28.7 Å². The van der Waals surface area contributed by atoms with Crippen LogP contribution in [0.2, 0.25) is 0 Å². The second kappa shape index (κ2) is 21.0. The molecule has 5 aromatic rings. The number of carbonyl (C=O) groups is 2. The zero-order valence-electron chi connectivity index (χ0n) is 31.1. The molecule has 0 saturated heterocycles. The largest absolute Gasteiger partial charge is 0.490 e. The van der Waals surface area contributed by atoms with Gasteiger partial charge < -0.3 is 43.4 Å². The van der Waals surface area contributed by atoms with E-state index in [1.54, 1.807) is 42.9 Å². The molecule has 0 aliphatic heterocycles. The summed E-state index contributed by atoms with van der Waals surface area (Å²) in [7, 11) is 0. The van der Waals surface area contributed by atoms with Gasteiger partial charge in [-0.2, -0.15) is 26.3 Å². The van der Waals surface area contributed by atoms with Crippen LogP contribution in [0.25, 0.3) is 0 Å². The number of aromatic nitrogens is 2. The lowest BCUT2D eigenvalue weighted by Crippen LogP contribution is -2.38. The molecule has 2 aromatic heterocycles. The molecule has 2 N–H and O–H groups in total. The molecule has 1 saturated carbocycles. The number of rotatable bonds is 18. The van der Waals surface area contributed by atoms with E-state index in [9.17, 15) is 41.0 Å². The van der Waals surface area contributed by atoms with E-state index in [2.05, 4.69) is 24.2 Å². The molecule has 316 valence electrons. The molecule has 13 nitrogen and oxygen atoms in total. The fourth-order valence-corrected chi connectivity index (χ4v) is 6.92. The van der Waals surface area contributed by atoms with E-state index >= 15 is 0 Å². The first-order valence-electron chi connectivity index (χ1n) is 17.9. The van der Waals surface area contributed by atoms with Crippen LogP contribution in [-0.4, -0.2) is 64.6 Å². The number of benzene rings is 3. The van der Waals surface area contributed by atoms with Crippen molar-refractivity contribution in [1.82, 2.24) is 9.97 Å². The fourth-order valence-electron chi connectivity index (χ4n) is 6.33. The van der Waals surface area contributed by atoms with E-state index in [1.165, 1.54) is 60.4 Å². The average Bonchev–Trinajstić information content (AvgIpc) is 3.93. The summed E-state index contributed by atoms with van der Waals surface area (Å²) in [5.74, 6) is -3.16. The third-order valence-corrected chi connectivity index (χ3v) is 9.74. The number of aliphatic carboxylic acids is 1. The fraction of sp³-hybridized carbons (Fsp3) is 0.333. The maximum Gasteiger partial charge on any atom is 0.387 e. The van der Waals surface area contributed by atoms with Crippen LogP contribution in [0.3, 0.4) is 0 Å². The van der Waals surface area contributed by atoms with Gasteiger partial charge in [-0.05, 0) is 81.1 Å². The second-order valence-electron chi connectivity index (χ2n) is 12.7. The van der Waals surface area contributed by atoms with Crippen molar-refractivity contribution in [3.8, 4) is 23.0 Å². The molecule has 1 aliphatic rings. The molecule has 59 heavy (non-hydrogen) atoms. The number of oxazole rings is 1. The van der Waals surface area contributed by atoms with Gasteiger partial charge in [0.15, 0.2) is 29.4 Å². The lowest BCUT2D eigenvalue weighted by Gasteiger charge is -2.37. The molecule has 0 spiro atoms. The Hall–Kier alpha value is -6.18. The summed E-state index contributed by atoms with van der Waals surface area (Å²) in [4.78, 5) is 35.2. The number of nitrogens with zero attached hydrogens (tertiary/aromatic N) is 4. The Balaban J connectivity index is 0.000000224. The van der Waals surface area contributed by atoms with Crippen molar-refractivity contribution in [3.05, 3.63) is 101 Å². The standard InChI is InChI=1S/C20H18F2N2O5.C19H20F4N2O4S/c1-2-28-18-9-16(7-8-17(18)29-20(21)22)24(10-14-11-27-12-23-14)15-5-3-13(4-6-15)19(25)26;20-18(21)28-15-6-5-13(7-16(15)29-19(22)23)25(9-14-8-24-10-30-14)12-3-1-11(2-4-12)17(26)27/h3-9,11-12,20H,2,10H2,1H3,(H,25,26);5-8,10-12,18-19H,1-4,9H2,(H,26,27)/t;11-,12+. The maximum atomic E-state index is 12.8. The highest BCUT2D eigenvalue weighted by molar-refractivity contribution is 7.09. The Bertz CT molecular complexity index is 2070. The Morgan fingerprint density at radius 2 is 1.39 bits per heavy atom. The molecule has 1 fully saturated rings. The molecule has 2 heterocycles. The van der Waals surface area contributed by atoms with E-state index in [-0.39, 0.29) is 29.7 Å². The number of anilines is 3. The van der Waals surface area contributed by atoms with E-state index in [1.807, 2.05) is 9.80 Å². The molecule has 3 aromatic carbocycles. The number of carboxylic acid groups (broad SMARTS) is 2. The zero-order valence-corrected chi connectivity index (χ0v) is 32.0. The molecular weight excluding hydrogens is 815 g/mol. The summed E-state index contributed by atoms with van der Waals surface area (Å²) in [6, 6.07) is 14.7. The molecule has 0 atom stereocenters. The molecule has 6 rings (SSSR count). The number of hydrogen-bond acceptors (Lipinski definition) is 12. The first-order chi connectivity index (χ1) is 28.3. The van der Waals surface area contributed by atoms with E-state index in [4.69, 9.17) is 14.3 Å². The van der Waals surface area contributed by atoms with Crippen LogP contribution in [-0.2, 0) is 17.9 Å². The first kappa shape index (κ1) is 43.9. The van der Waals surface area contributed by atoms with Gasteiger partial charge in [-0.25, -0.2) is 9.78 Å². The van der Waals surface area contributed by atoms with Gasteiger partial charge >= 0.3 is 31.8 Å². The Morgan fingerprint density at radius 3 is 1.93 bits per heavy atom. The van der Waals surface area contributed by atoms with Crippen LogP contribution >= 0.6 is 11.3 Å². The Labute approximate surface area is 337 Å². The summed E-state index contributed by atoms with van der Waals surface area (Å²) in [6.45, 7) is -6.66. The predicted octanol–water partition coefficient (Wildman–Crippen LogP) is 9.71. The Kier molecular flexibility index (Phi) is 15.6. The zero-order chi connectivity index (χ0) is 42.5. The van der Waals surface area contributed by atoms with Crippen molar-refractivity contribution < 1.29 is 69.5 Å². The summed E-state index contributed by atoms with van der Waals surface area (Å²) < 4.78 is 99.9. The third-order valence-electron chi connectivity index (χ3n) is 8.97. The maximum absolute atomic E-state index is 12.8. The van der Waals surface area contributed by atoms with Gasteiger partial charge in [0.2, 0.25) is 0 Å². The molecule has 0 unspecified atom stereocenters. The summed E-state index contributed by atoms with van der Waals surface area (Å²) in [5.41, 5.74) is 4.20. The van der Waals surface area contributed by atoms with Crippen LogP contribution in [0, 0.1) is 5.92 Å². The number of carboxylic acids is 2. The minimum atomic E-state index is -3.21. The predicted molar refractivity (Wildman–Crippen MR) is 201 cm³/mol. The minimum Gasteiger partial charge on any atom is -0.490 e. The van der Waals surface area contributed by atoms with Crippen molar-refractivity contribution in [1.29, 1.82) is 0 Å². The van der Waals surface area contributed by atoms with Crippen LogP contribution in [0.5, 0.6) is 23.0 Å². The van der Waals surface area contributed by atoms with Gasteiger partial charge in [0.05, 0.1) is 42.4 Å². The molecule has 0 amide bonds.